The molecule has 3 aromatic heterocycles. The summed E-state index contributed by atoms with van der Waals surface area (Å²) in [5.74, 6) is 1.77. The van der Waals surface area contributed by atoms with Gasteiger partial charge in [0.2, 0.25) is 0 Å². The molecule has 0 radical (unpaired) electrons. The lowest BCUT2D eigenvalue weighted by molar-refractivity contribution is 0.669. The molecule has 0 aliphatic rings. The Morgan fingerprint density at radius 3 is 1.62 bits per heavy atom. The van der Waals surface area contributed by atoms with E-state index in [-0.39, 0.29) is 0 Å². The van der Waals surface area contributed by atoms with Crippen LogP contribution >= 0.6 is 0 Å². The van der Waals surface area contributed by atoms with Gasteiger partial charge >= 0.3 is 0 Å². The zero-order valence-electron chi connectivity index (χ0n) is 31.9. The third-order valence-corrected chi connectivity index (χ3v) is 11.5. The summed E-state index contributed by atoms with van der Waals surface area (Å²) in [6, 6.07) is 64.1. The highest BCUT2D eigenvalue weighted by molar-refractivity contribution is 6.31. The number of fused-ring (bicyclic) bond motifs is 11. The first-order chi connectivity index (χ1) is 29.6. The van der Waals surface area contributed by atoms with E-state index in [1.807, 2.05) is 97.1 Å². The molecule has 0 spiro atoms. The van der Waals surface area contributed by atoms with Crippen molar-refractivity contribution in [2.75, 3.05) is 0 Å². The molecule has 0 saturated carbocycles. The first kappa shape index (κ1) is 33.7. The molecule has 0 aliphatic heterocycles. The van der Waals surface area contributed by atoms with E-state index in [2.05, 4.69) is 91.0 Å². The summed E-state index contributed by atoms with van der Waals surface area (Å²) in [4.78, 5) is 15.2. The maximum Gasteiger partial charge on any atom is 0.164 e. The minimum atomic E-state index is 0.586. The van der Waals surface area contributed by atoms with Crippen molar-refractivity contribution >= 4 is 65.4 Å². The lowest BCUT2D eigenvalue weighted by atomic mass is 9.92. The van der Waals surface area contributed by atoms with Crippen LogP contribution in [0, 0.1) is 11.3 Å². The summed E-state index contributed by atoms with van der Waals surface area (Å²) in [5.41, 5.74) is 10.9. The van der Waals surface area contributed by atoms with E-state index in [1.165, 1.54) is 0 Å². The van der Waals surface area contributed by atoms with Gasteiger partial charge in [0.05, 0.1) is 11.6 Å². The smallest absolute Gasteiger partial charge is 0.164 e. The molecule has 3 heterocycles. The molecule has 0 bridgehead atoms. The molecule has 12 aromatic rings. The minimum Gasteiger partial charge on any atom is -0.456 e. The molecule has 0 unspecified atom stereocenters. The van der Waals surface area contributed by atoms with E-state index in [1.54, 1.807) is 0 Å². The van der Waals surface area contributed by atoms with Crippen molar-refractivity contribution in [3.05, 3.63) is 188 Å². The van der Waals surface area contributed by atoms with Crippen molar-refractivity contribution < 1.29 is 8.83 Å². The van der Waals surface area contributed by atoms with Crippen LogP contribution in [0.4, 0.5) is 0 Å². The van der Waals surface area contributed by atoms with E-state index in [0.29, 0.717) is 23.0 Å². The van der Waals surface area contributed by atoms with Crippen molar-refractivity contribution in [2.24, 2.45) is 0 Å². The zero-order valence-corrected chi connectivity index (χ0v) is 31.9. The average Bonchev–Trinajstić information content (AvgIpc) is 3.91. The molecule has 60 heavy (non-hydrogen) atoms. The van der Waals surface area contributed by atoms with Gasteiger partial charge in [-0.15, -0.1) is 0 Å². The fraction of sp³-hybridized carbons (Fsp3) is 0. The van der Waals surface area contributed by atoms with Crippen LogP contribution in [-0.4, -0.2) is 15.0 Å². The molecule has 9 aromatic carbocycles. The second-order valence-corrected chi connectivity index (χ2v) is 15.1. The van der Waals surface area contributed by atoms with Crippen molar-refractivity contribution in [3.63, 3.8) is 0 Å². The Balaban J connectivity index is 1.01. The molecule has 0 N–H and O–H groups in total. The van der Waals surface area contributed by atoms with Gasteiger partial charge in [-0.25, -0.2) is 15.0 Å². The topological polar surface area (TPSA) is 88.7 Å². The Hall–Kier alpha value is -8.40. The highest BCUT2D eigenvalue weighted by Gasteiger charge is 2.19. The number of aromatic nitrogens is 3. The van der Waals surface area contributed by atoms with Crippen LogP contribution in [0.2, 0.25) is 0 Å². The predicted octanol–water partition coefficient (Wildman–Crippen LogP) is 14.2. The second kappa shape index (κ2) is 13.3. The van der Waals surface area contributed by atoms with Crippen LogP contribution in [0.3, 0.4) is 0 Å². The Morgan fingerprint density at radius 1 is 0.333 bits per heavy atom. The van der Waals surface area contributed by atoms with Crippen LogP contribution in [-0.2, 0) is 0 Å². The highest BCUT2D eigenvalue weighted by atomic mass is 16.3. The predicted molar refractivity (Wildman–Crippen MR) is 241 cm³/mol. The average molecular weight is 767 g/mol. The standard InChI is InChI=1S/C54H30N4O2/c55-31-32-17-19-33(20-18-32)36-21-24-40-41-25-22-37(29-46(41)51-50(45(40)28-36)43-14-5-7-16-48(43)60-51)35-11-8-12-38(27-35)53-56-52(34-9-2-1-3-10-34)57-54(58-53)39-23-26-49-44(30-39)42-13-4-6-15-47(42)59-49/h1-30H. The van der Waals surface area contributed by atoms with E-state index in [4.69, 9.17) is 23.8 Å². The molecule has 12 rings (SSSR count). The molecule has 0 atom stereocenters. The van der Waals surface area contributed by atoms with E-state index >= 15 is 0 Å². The van der Waals surface area contributed by atoms with Crippen LogP contribution in [0.5, 0.6) is 0 Å². The van der Waals surface area contributed by atoms with E-state index in [9.17, 15) is 5.26 Å². The van der Waals surface area contributed by atoms with Crippen molar-refractivity contribution in [1.82, 2.24) is 15.0 Å². The van der Waals surface area contributed by atoms with E-state index in [0.717, 1.165) is 104 Å². The quantitative estimate of drug-likeness (QED) is 0.162. The molecular formula is C54H30N4O2. The van der Waals surface area contributed by atoms with Crippen molar-refractivity contribution in [2.45, 2.75) is 0 Å². The van der Waals surface area contributed by atoms with Gasteiger partial charge in [0.25, 0.3) is 0 Å². The zero-order chi connectivity index (χ0) is 39.7. The Labute approximate surface area is 343 Å². The largest absolute Gasteiger partial charge is 0.456 e. The number of rotatable bonds is 5. The molecule has 278 valence electrons. The number of nitrogens with zero attached hydrogens (tertiary/aromatic N) is 4. The first-order valence-electron chi connectivity index (χ1n) is 19.8. The van der Waals surface area contributed by atoms with Gasteiger partial charge in [0.1, 0.15) is 22.3 Å². The van der Waals surface area contributed by atoms with Crippen LogP contribution in [0.25, 0.3) is 122 Å². The minimum absolute atomic E-state index is 0.586. The summed E-state index contributed by atoms with van der Waals surface area (Å²) in [7, 11) is 0. The second-order valence-electron chi connectivity index (χ2n) is 15.1. The van der Waals surface area contributed by atoms with Gasteiger partial charge in [-0.1, -0.05) is 121 Å². The third kappa shape index (κ3) is 5.45. The molecule has 0 saturated heterocycles. The summed E-state index contributed by atoms with van der Waals surface area (Å²) < 4.78 is 12.9. The fourth-order valence-corrected chi connectivity index (χ4v) is 8.61. The SMILES string of the molecule is N#Cc1ccc(-c2ccc3c4ccc(-c5cccc(-c6nc(-c7ccccc7)nc(-c7ccc8oc9ccccc9c8c7)n6)c5)cc4c4oc5ccccc5c4c3c2)cc1. The number of hydrogen-bond acceptors (Lipinski definition) is 6. The van der Waals surface area contributed by atoms with Gasteiger partial charge in [0, 0.05) is 43.6 Å². The molecule has 6 heteroatoms. The number of hydrogen-bond donors (Lipinski definition) is 0. The van der Waals surface area contributed by atoms with Gasteiger partial charge in [-0.05, 0) is 99.1 Å². The van der Waals surface area contributed by atoms with Gasteiger partial charge in [-0.2, -0.15) is 5.26 Å². The van der Waals surface area contributed by atoms with Gasteiger partial charge < -0.3 is 8.83 Å². The fourth-order valence-electron chi connectivity index (χ4n) is 8.61. The lowest BCUT2D eigenvalue weighted by Crippen LogP contribution is -2.00. The van der Waals surface area contributed by atoms with Crippen LogP contribution in [0.1, 0.15) is 5.56 Å². The number of furan rings is 2. The Kier molecular flexibility index (Phi) is 7.50. The summed E-state index contributed by atoms with van der Waals surface area (Å²) in [5, 5.41) is 18.0. The number of benzene rings is 9. The highest BCUT2D eigenvalue weighted by Crippen LogP contribution is 2.43. The Morgan fingerprint density at radius 2 is 0.850 bits per heavy atom. The molecule has 0 fully saturated rings. The van der Waals surface area contributed by atoms with E-state index < -0.39 is 0 Å². The molecule has 0 amide bonds. The van der Waals surface area contributed by atoms with Crippen molar-refractivity contribution in [3.8, 4) is 62.5 Å². The third-order valence-electron chi connectivity index (χ3n) is 11.5. The van der Waals surface area contributed by atoms with Crippen molar-refractivity contribution in [1.29, 1.82) is 5.26 Å². The maximum absolute atomic E-state index is 9.37. The Bertz CT molecular complexity index is 3730. The monoisotopic (exact) mass is 766 g/mol. The number of para-hydroxylation sites is 2. The van der Waals surface area contributed by atoms with Crippen LogP contribution < -0.4 is 0 Å². The molecular weight excluding hydrogens is 737 g/mol. The van der Waals surface area contributed by atoms with Crippen LogP contribution in [0.15, 0.2) is 191 Å². The summed E-state index contributed by atoms with van der Waals surface area (Å²) >= 11 is 0. The van der Waals surface area contributed by atoms with Gasteiger partial charge in [0.15, 0.2) is 17.5 Å². The number of nitriles is 1. The summed E-state index contributed by atoms with van der Waals surface area (Å²) in [6.07, 6.45) is 0. The normalized spacial score (nSPS) is 11.7. The van der Waals surface area contributed by atoms with Gasteiger partial charge in [-0.3, -0.25) is 0 Å². The summed E-state index contributed by atoms with van der Waals surface area (Å²) in [6.45, 7) is 0. The maximum atomic E-state index is 9.37. The first-order valence-corrected chi connectivity index (χ1v) is 19.8. The molecule has 0 aliphatic carbocycles. The lowest BCUT2D eigenvalue weighted by Gasteiger charge is -2.12. The molecule has 6 nitrogen and oxygen atoms in total.